The smallest absolute Gasteiger partial charge is 0.309 e. The highest BCUT2D eigenvalue weighted by atomic mass is 31.2. The molecule has 6 heteroatoms. The molecular formula is C11H15N2O3P. The van der Waals surface area contributed by atoms with Gasteiger partial charge >= 0.3 is 7.60 Å². The molecule has 0 saturated heterocycles. The molecule has 0 unspecified atom stereocenters. The van der Waals surface area contributed by atoms with Crippen molar-refractivity contribution in [1.29, 1.82) is 5.26 Å². The number of nitriles is 1. The van der Waals surface area contributed by atoms with E-state index in [0.29, 0.717) is 24.6 Å². The molecule has 0 atom stereocenters. The van der Waals surface area contributed by atoms with E-state index in [1.807, 2.05) is 6.07 Å². The fourth-order valence-electron chi connectivity index (χ4n) is 1.35. The van der Waals surface area contributed by atoms with E-state index < -0.39 is 7.60 Å². The Kier molecular flexibility index (Phi) is 5.30. The second-order valence-corrected chi connectivity index (χ2v) is 5.28. The standard InChI is InChI=1S/C11H15N2O3P/c1-3-15-17(14,16-4-2)9-11-7-5-6-10(8-12)13-11/h5-7H,3-4,9H2,1-2H3. The fraction of sp³-hybridized carbons (Fsp3) is 0.455. The predicted molar refractivity (Wildman–Crippen MR) is 63.5 cm³/mol. The van der Waals surface area contributed by atoms with Crippen LogP contribution in [0.5, 0.6) is 0 Å². The van der Waals surface area contributed by atoms with Crippen molar-refractivity contribution in [1.82, 2.24) is 4.98 Å². The molecule has 0 radical (unpaired) electrons. The number of pyridine rings is 1. The van der Waals surface area contributed by atoms with Gasteiger partial charge in [-0.1, -0.05) is 6.07 Å². The molecule has 17 heavy (non-hydrogen) atoms. The molecule has 0 amide bonds. The quantitative estimate of drug-likeness (QED) is 0.730. The van der Waals surface area contributed by atoms with Gasteiger partial charge < -0.3 is 9.05 Å². The van der Waals surface area contributed by atoms with Crippen molar-refractivity contribution in [2.75, 3.05) is 13.2 Å². The zero-order chi connectivity index (χ0) is 12.7. The number of hydrogen-bond acceptors (Lipinski definition) is 5. The summed E-state index contributed by atoms with van der Waals surface area (Å²) in [6.45, 7) is 4.14. The van der Waals surface area contributed by atoms with Gasteiger partial charge in [-0.3, -0.25) is 4.57 Å². The average Bonchev–Trinajstić information content (AvgIpc) is 2.29. The first-order valence-corrected chi connectivity index (χ1v) is 7.10. The van der Waals surface area contributed by atoms with Crippen LogP contribution < -0.4 is 0 Å². The molecule has 0 aromatic carbocycles. The van der Waals surface area contributed by atoms with E-state index in [9.17, 15) is 4.57 Å². The second-order valence-electron chi connectivity index (χ2n) is 3.23. The van der Waals surface area contributed by atoms with Gasteiger partial charge in [-0.05, 0) is 26.0 Å². The van der Waals surface area contributed by atoms with Gasteiger partial charge in [0.1, 0.15) is 11.8 Å². The zero-order valence-corrected chi connectivity index (χ0v) is 10.8. The minimum Gasteiger partial charge on any atom is -0.309 e. The average molecular weight is 254 g/mol. The van der Waals surface area contributed by atoms with E-state index in [1.54, 1.807) is 32.0 Å². The zero-order valence-electron chi connectivity index (χ0n) is 9.92. The van der Waals surface area contributed by atoms with Crippen molar-refractivity contribution < 1.29 is 13.6 Å². The molecule has 0 aliphatic rings. The number of nitrogens with zero attached hydrogens (tertiary/aromatic N) is 2. The van der Waals surface area contributed by atoms with Crippen LogP contribution in [0.25, 0.3) is 0 Å². The molecule has 5 nitrogen and oxygen atoms in total. The molecule has 0 bridgehead atoms. The van der Waals surface area contributed by atoms with Crippen LogP contribution in [-0.2, 0) is 19.8 Å². The summed E-state index contributed by atoms with van der Waals surface area (Å²) in [6.07, 6.45) is 0.0875. The van der Waals surface area contributed by atoms with Crippen LogP contribution in [0.3, 0.4) is 0 Å². The van der Waals surface area contributed by atoms with Gasteiger partial charge in [0, 0.05) is 0 Å². The minimum atomic E-state index is -3.14. The summed E-state index contributed by atoms with van der Waals surface area (Å²) in [5, 5.41) is 8.72. The number of hydrogen-bond donors (Lipinski definition) is 0. The molecular weight excluding hydrogens is 239 g/mol. The Hall–Kier alpha value is -1.21. The lowest BCUT2D eigenvalue weighted by atomic mass is 10.3. The molecule has 0 saturated carbocycles. The van der Waals surface area contributed by atoms with Crippen LogP contribution in [0.2, 0.25) is 0 Å². The highest BCUT2D eigenvalue weighted by molar-refractivity contribution is 7.53. The van der Waals surface area contributed by atoms with Crippen LogP contribution in [-0.4, -0.2) is 18.2 Å². The Bertz CT molecular complexity index is 446. The summed E-state index contributed by atoms with van der Waals surface area (Å²) >= 11 is 0. The maximum atomic E-state index is 12.2. The van der Waals surface area contributed by atoms with Crippen molar-refractivity contribution in [3.8, 4) is 6.07 Å². The maximum Gasteiger partial charge on any atom is 0.336 e. The summed E-state index contributed by atoms with van der Waals surface area (Å²) in [6, 6.07) is 6.93. The van der Waals surface area contributed by atoms with Crippen molar-refractivity contribution in [3.63, 3.8) is 0 Å². The van der Waals surface area contributed by atoms with Crippen LogP contribution >= 0.6 is 7.60 Å². The van der Waals surface area contributed by atoms with Gasteiger partial charge in [-0.15, -0.1) is 0 Å². The van der Waals surface area contributed by atoms with Crippen LogP contribution in [0.4, 0.5) is 0 Å². The Morgan fingerprint density at radius 1 is 1.35 bits per heavy atom. The SMILES string of the molecule is CCOP(=O)(Cc1cccc(C#N)n1)OCC. The number of aromatic nitrogens is 1. The summed E-state index contributed by atoms with van der Waals surface area (Å²) in [7, 11) is -3.14. The van der Waals surface area contributed by atoms with Crippen molar-refractivity contribution in [2.45, 2.75) is 20.0 Å². The Balaban J connectivity index is 2.86. The molecule has 0 fully saturated rings. The van der Waals surface area contributed by atoms with E-state index in [4.69, 9.17) is 14.3 Å². The normalized spacial score (nSPS) is 11.1. The largest absolute Gasteiger partial charge is 0.336 e. The molecule has 0 N–H and O–H groups in total. The molecule has 0 aliphatic carbocycles. The van der Waals surface area contributed by atoms with Crippen LogP contribution in [0, 0.1) is 11.3 Å². The third-order valence-electron chi connectivity index (χ3n) is 1.93. The second kappa shape index (κ2) is 6.51. The summed E-state index contributed by atoms with van der Waals surface area (Å²) in [5.74, 6) is 0. The van der Waals surface area contributed by atoms with Crippen molar-refractivity contribution in [3.05, 3.63) is 29.6 Å². The van der Waals surface area contributed by atoms with Crippen LogP contribution in [0.1, 0.15) is 25.2 Å². The first-order chi connectivity index (χ1) is 8.13. The van der Waals surface area contributed by atoms with E-state index in [1.165, 1.54) is 0 Å². The topological polar surface area (TPSA) is 72.2 Å². The summed E-state index contributed by atoms with van der Waals surface area (Å²) in [5.41, 5.74) is 0.830. The van der Waals surface area contributed by atoms with E-state index in [-0.39, 0.29) is 6.16 Å². The molecule has 0 aliphatic heterocycles. The Morgan fingerprint density at radius 3 is 2.53 bits per heavy atom. The van der Waals surface area contributed by atoms with Gasteiger partial charge in [0.05, 0.1) is 25.1 Å². The lowest BCUT2D eigenvalue weighted by Gasteiger charge is -2.16. The Morgan fingerprint density at radius 2 is 2.00 bits per heavy atom. The van der Waals surface area contributed by atoms with Crippen molar-refractivity contribution in [2.24, 2.45) is 0 Å². The first-order valence-electron chi connectivity index (χ1n) is 5.37. The third kappa shape index (κ3) is 4.27. The van der Waals surface area contributed by atoms with Gasteiger partial charge in [0.25, 0.3) is 0 Å². The molecule has 1 aromatic heterocycles. The van der Waals surface area contributed by atoms with E-state index in [2.05, 4.69) is 4.98 Å². The molecule has 0 spiro atoms. The van der Waals surface area contributed by atoms with E-state index in [0.717, 1.165) is 0 Å². The minimum absolute atomic E-state index is 0.0875. The van der Waals surface area contributed by atoms with Crippen molar-refractivity contribution >= 4 is 7.60 Å². The summed E-state index contributed by atoms with van der Waals surface area (Å²) in [4.78, 5) is 4.05. The highest BCUT2D eigenvalue weighted by Crippen LogP contribution is 2.50. The molecule has 1 heterocycles. The molecule has 1 aromatic rings. The van der Waals surface area contributed by atoms with Gasteiger partial charge in [-0.25, -0.2) is 4.98 Å². The van der Waals surface area contributed by atoms with Gasteiger partial charge in [0.15, 0.2) is 0 Å². The van der Waals surface area contributed by atoms with E-state index >= 15 is 0 Å². The predicted octanol–water partition coefficient (Wildman–Crippen LogP) is 2.72. The third-order valence-corrected chi connectivity index (χ3v) is 3.94. The lowest BCUT2D eigenvalue weighted by molar-refractivity contribution is 0.219. The highest BCUT2D eigenvalue weighted by Gasteiger charge is 2.24. The fourth-order valence-corrected chi connectivity index (χ4v) is 2.97. The lowest BCUT2D eigenvalue weighted by Crippen LogP contribution is -2.01. The van der Waals surface area contributed by atoms with Gasteiger partial charge in [0.2, 0.25) is 0 Å². The summed E-state index contributed by atoms with van der Waals surface area (Å²) < 4.78 is 22.5. The molecule has 92 valence electrons. The van der Waals surface area contributed by atoms with Crippen LogP contribution in [0.15, 0.2) is 18.2 Å². The first kappa shape index (κ1) is 13.9. The molecule has 1 rings (SSSR count). The Labute approximate surface area is 101 Å². The monoisotopic (exact) mass is 254 g/mol. The maximum absolute atomic E-state index is 12.2. The van der Waals surface area contributed by atoms with Gasteiger partial charge in [-0.2, -0.15) is 5.26 Å². The number of rotatable bonds is 6.